The van der Waals surface area contributed by atoms with Crippen molar-refractivity contribution in [2.45, 2.75) is 13.5 Å². The standard InChI is InChI=1S/C14H17N3OS/c1-10-16-12(9-19-10)14(18)15-8-11-6-4-5-7-13(11)17(2)3/h4-7,9H,8H2,1-3H3,(H,15,18). The number of nitrogens with zero attached hydrogens (tertiary/aromatic N) is 2. The first kappa shape index (κ1) is 13.5. The quantitative estimate of drug-likeness (QED) is 0.932. The average Bonchev–Trinajstić information content (AvgIpc) is 2.83. The second-order valence-corrected chi connectivity index (χ2v) is 5.52. The third kappa shape index (κ3) is 3.32. The molecule has 1 aromatic heterocycles. The molecule has 1 aromatic carbocycles. The second kappa shape index (κ2) is 5.84. The summed E-state index contributed by atoms with van der Waals surface area (Å²) in [5.41, 5.74) is 2.69. The summed E-state index contributed by atoms with van der Waals surface area (Å²) >= 11 is 1.48. The van der Waals surface area contributed by atoms with Gasteiger partial charge in [-0.3, -0.25) is 4.79 Å². The minimum atomic E-state index is -0.127. The summed E-state index contributed by atoms with van der Waals surface area (Å²) in [5, 5.41) is 5.58. The summed E-state index contributed by atoms with van der Waals surface area (Å²) in [5.74, 6) is -0.127. The van der Waals surface area contributed by atoms with Gasteiger partial charge in [0.05, 0.1) is 5.01 Å². The first-order chi connectivity index (χ1) is 9.08. The van der Waals surface area contributed by atoms with E-state index in [2.05, 4.69) is 10.3 Å². The van der Waals surface area contributed by atoms with Crippen molar-refractivity contribution in [3.05, 3.63) is 45.9 Å². The van der Waals surface area contributed by atoms with E-state index in [1.54, 1.807) is 5.38 Å². The molecule has 0 aliphatic rings. The van der Waals surface area contributed by atoms with Crippen molar-refractivity contribution in [1.82, 2.24) is 10.3 Å². The Morgan fingerprint density at radius 3 is 2.74 bits per heavy atom. The summed E-state index contributed by atoms with van der Waals surface area (Å²) in [6, 6.07) is 8.02. The fraction of sp³-hybridized carbons (Fsp3) is 0.286. The minimum Gasteiger partial charge on any atom is -0.377 e. The van der Waals surface area contributed by atoms with Crippen LogP contribution in [-0.4, -0.2) is 25.0 Å². The van der Waals surface area contributed by atoms with Crippen LogP contribution in [0.25, 0.3) is 0 Å². The highest BCUT2D eigenvalue weighted by Crippen LogP contribution is 2.17. The van der Waals surface area contributed by atoms with Crippen LogP contribution in [0.2, 0.25) is 0 Å². The van der Waals surface area contributed by atoms with Crippen molar-refractivity contribution in [3.8, 4) is 0 Å². The van der Waals surface area contributed by atoms with Gasteiger partial charge in [-0.2, -0.15) is 0 Å². The highest BCUT2D eigenvalue weighted by molar-refractivity contribution is 7.09. The van der Waals surface area contributed by atoms with Crippen molar-refractivity contribution in [2.75, 3.05) is 19.0 Å². The van der Waals surface area contributed by atoms with Gasteiger partial charge >= 0.3 is 0 Å². The predicted molar refractivity (Wildman–Crippen MR) is 78.8 cm³/mol. The molecule has 100 valence electrons. The molecule has 0 saturated carbocycles. The Morgan fingerprint density at radius 2 is 2.11 bits per heavy atom. The summed E-state index contributed by atoms with van der Waals surface area (Å²) in [6.45, 7) is 2.40. The number of carbonyl (C=O) groups is 1. The van der Waals surface area contributed by atoms with E-state index in [0.29, 0.717) is 12.2 Å². The Kier molecular flexibility index (Phi) is 4.16. The lowest BCUT2D eigenvalue weighted by molar-refractivity contribution is 0.0946. The normalized spacial score (nSPS) is 10.3. The first-order valence-corrected chi connectivity index (χ1v) is 6.91. The molecule has 1 heterocycles. The molecule has 1 N–H and O–H groups in total. The van der Waals surface area contributed by atoms with Crippen molar-refractivity contribution >= 4 is 22.9 Å². The highest BCUT2D eigenvalue weighted by Gasteiger charge is 2.10. The maximum atomic E-state index is 11.9. The second-order valence-electron chi connectivity index (χ2n) is 4.46. The van der Waals surface area contributed by atoms with Crippen LogP contribution in [-0.2, 0) is 6.54 Å². The van der Waals surface area contributed by atoms with Gasteiger partial charge in [0.25, 0.3) is 5.91 Å². The van der Waals surface area contributed by atoms with Crippen molar-refractivity contribution in [1.29, 1.82) is 0 Å². The summed E-state index contributed by atoms with van der Waals surface area (Å²) in [6.07, 6.45) is 0. The number of carbonyl (C=O) groups excluding carboxylic acids is 1. The molecule has 4 nitrogen and oxygen atoms in total. The fourth-order valence-electron chi connectivity index (χ4n) is 1.83. The Balaban J connectivity index is 2.05. The zero-order chi connectivity index (χ0) is 13.8. The largest absolute Gasteiger partial charge is 0.377 e. The SMILES string of the molecule is Cc1nc(C(=O)NCc2ccccc2N(C)C)cs1. The molecule has 5 heteroatoms. The molecule has 0 spiro atoms. The Labute approximate surface area is 117 Å². The van der Waals surface area contributed by atoms with Gasteiger partial charge in [0, 0.05) is 31.7 Å². The van der Waals surface area contributed by atoms with E-state index in [9.17, 15) is 4.79 Å². The van der Waals surface area contributed by atoms with Crippen LogP contribution >= 0.6 is 11.3 Å². The summed E-state index contributed by atoms with van der Waals surface area (Å²) < 4.78 is 0. The molecule has 2 aromatic rings. The van der Waals surface area contributed by atoms with Crippen LogP contribution in [0, 0.1) is 6.92 Å². The van der Waals surface area contributed by atoms with E-state index in [-0.39, 0.29) is 5.91 Å². The molecule has 0 aliphatic heterocycles. The topological polar surface area (TPSA) is 45.2 Å². The molecule has 19 heavy (non-hydrogen) atoms. The zero-order valence-corrected chi connectivity index (χ0v) is 12.1. The van der Waals surface area contributed by atoms with E-state index in [1.807, 2.05) is 50.2 Å². The van der Waals surface area contributed by atoms with Gasteiger partial charge in [-0.25, -0.2) is 4.98 Å². The maximum absolute atomic E-state index is 11.9. The number of benzene rings is 1. The van der Waals surface area contributed by atoms with Crippen LogP contribution in [0.1, 0.15) is 21.1 Å². The van der Waals surface area contributed by atoms with E-state index >= 15 is 0 Å². The number of hydrogen-bond acceptors (Lipinski definition) is 4. The number of para-hydroxylation sites is 1. The molecule has 0 aliphatic carbocycles. The lowest BCUT2D eigenvalue weighted by atomic mass is 10.1. The van der Waals surface area contributed by atoms with Crippen LogP contribution in [0.3, 0.4) is 0 Å². The summed E-state index contributed by atoms with van der Waals surface area (Å²) in [4.78, 5) is 18.1. The molecule has 2 rings (SSSR count). The zero-order valence-electron chi connectivity index (χ0n) is 11.3. The maximum Gasteiger partial charge on any atom is 0.271 e. The lowest BCUT2D eigenvalue weighted by Gasteiger charge is -2.17. The molecule has 0 fully saturated rings. The number of nitrogens with one attached hydrogen (secondary N) is 1. The first-order valence-electron chi connectivity index (χ1n) is 6.03. The fourth-order valence-corrected chi connectivity index (χ4v) is 2.42. The smallest absolute Gasteiger partial charge is 0.271 e. The van der Waals surface area contributed by atoms with Crippen LogP contribution in [0.15, 0.2) is 29.6 Å². The molecule has 1 amide bonds. The number of hydrogen-bond donors (Lipinski definition) is 1. The average molecular weight is 275 g/mol. The number of aromatic nitrogens is 1. The van der Waals surface area contributed by atoms with Gasteiger partial charge in [0.1, 0.15) is 5.69 Å². The number of amides is 1. The van der Waals surface area contributed by atoms with Crippen molar-refractivity contribution in [3.63, 3.8) is 0 Å². The van der Waals surface area contributed by atoms with E-state index in [0.717, 1.165) is 16.3 Å². The minimum absolute atomic E-state index is 0.127. The summed E-state index contributed by atoms with van der Waals surface area (Å²) in [7, 11) is 3.98. The molecule has 0 bridgehead atoms. The Hall–Kier alpha value is -1.88. The number of anilines is 1. The predicted octanol–water partition coefficient (Wildman–Crippen LogP) is 2.45. The molecular formula is C14H17N3OS. The van der Waals surface area contributed by atoms with E-state index in [4.69, 9.17) is 0 Å². The molecule has 0 radical (unpaired) electrons. The van der Waals surface area contributed by atoms with Crippen LogP contribution in [0.4, 0.5) is 5.69 Å². The highest BCUT2D eigenvalue weighted by atomic mass is 32.1. The van der Waals surface area contributed by atoms with Gasteiger partial charge in [-0.1, -0.05) is 18.2 Å². The number of thiazole rings is 1. The van der Waals surface area contributed by atoms with Gasteiger partial charge in [-0.15, -0.1) is 11.3 Å². The number of rotatable bonds is 4. The van der Waals surface area contributed by atoms with Gasteiger partial charge in [-0.05, 0) is 18.6 Å². The monoisotopic (exact) mass is 275 g/mol. The van der Waals surface area contributed by atoms with E-state index < -0.39 is 0 Å². The Bertz CT molecular complexity index is 578. The van der Waals surface area contributed by atoms with E-state index in [1.165, 1.54) is 11.3 Å². The van der Waals surface area contributed by atoms with Crippen molar-refractivity contribution in [2.24, 2.45) is 0 Å². The van der Waals surface area contributed by atoms with Gasteiger partial charge < -0.3 is 10.2 Å². The molecule has 0 saturated heterocycles. The van der Waals surface area contributed by atoms with Gasteiger partial charge in [0.2, 0.25) is 0 Å². The number of aryl methyl sites for hydroxylation is 1. The third-order valence-electron chi connectivity index (χ3n) is 2.76. The van der Waals surface area contributed by atoms with Crippen LogP contribution < -0.4 is 10.2 Å². The van der Waals surface area contributed by atoms with Crippen molar-refractivity contribution < 1.29 is 4.79 Å². The molecule has 0 unspecified atom stereocenters. The lowest BCUT2D eigenvalue weighted by Crippen LogP contribution is -2.24. The van der Waals surface area contributed by atoms with Gasteiger partial charge in [0.15, 0.2) is 0 Å². The Morgan fingerprint density at radius 1 is 1.37 bits per heavy atom. The molecular weight excluding hydrogens is 258 g/mol. The van der Waals surface area contributed by atoms with Crippen LogP contribution in [0.5, 0.6) is 0 Å². The third-order valence-corrected chi connectivity index (χ3v) is 3.54. The molecule has 0 atom stereocenters.